The van der Waals surface area contributed by atoms with Crippen LogP contribution in [0.5, 0.6) is 0 Å². The molecule has 0 saturated carbocycles. The fourth-order valence-electron chi connectivity index (χ4n) is 2.00. The van der Waals surface area contributed by atoms with Crippen LogP contribution in [0, 0.1) is 5.41 Å². The van der Waals surface area contributed by atoms with Crippen molar-refractivity contribution in [1.82, 2.24) is 0 Å². The molecular formula is C16H30O2. The van der Waals surface area contributed by atoms with Crippen molar-refractivity contribution in [1.29, 1.82) is 0 Å². The molecule has 106 valence electrons. The first kappa shape index (κ1) is 17.2. The number of ether oxygens (including phenoxy) is 1. The maximum Gasteiger partial charge on any atom is 0.333 e. The second-order valence-corrected chi connectivity index (χ2v) is 5.89. The summed E-state index contributed by atoms with van der Waals surface area (Å²) < 4.78 is 5.18. The van der Waals surface area contributed by atoms with Crippen LogP contribution >= 0.6 is 0 Å². The van der Waals surface area contributed by atoms with Crippen molar-refractivity contribution in [2.24, 2.45) is 5.41 Å². The van der Waals surface area contributed by atoms with Crippen LogP contribution in [0.25, 0.3) is 0 Å². The fourth-order valence-corrected chi connectivity index (χ4v) is 2.00. The minimum atomic E-state index is -0.216. The molecule has 0 saturated heterocycles. The third-order valence-corrected chi connectivity index (χ3v) is 3.17. The van der Waals surface area contributed by atoms with Crippen molar-refractivity contribution in [3.8, 4) is 0 Å². The van der Waals surface area contributed by atoms with E-state index in [1.54, 1.807) is 0 Å². The summed E-state index contributed by atoms with van der Waals surface area (Å²) in [6.07, 6.45) is 7.57. The summed E-state index contributed by atoms with van der Waals surface area (Å²) >= 11 is 0. The fraction of sp³-hybridized carbons (Fsp3) is 0.812. The van der Waals surface area contributed by atoms with E-state index in [2.05, 4.69) is 34.3 Å². The van der Waals surface area contributed by atoms with E-state index in [0.717, 1.165) is 25.7 Å². The molecule has 2 heteroatoms. The second-order valence-electron chi connectivity index (χ2n) is 5.89. The van der Waals surface area contributed by atoms with Gasteiger partial charge in [-0.2, -0.15) is 0 Å². The smallest absolute Gasteiger partial charge is 0.333 e. The van der Waals surface area contributed by atoms with Crippen molar-refractivity contribution in [2.75, 3.05) is 6.61 Å². The third kappa shape index (κ3) is 8.32. The summed E-state index contributed by atoms with van der Waals surface area (Å²) in [7, 11) is 0. The van der Waals surface area contributed by atoms with E-state index < -0.39 is 0 Å². The van der Waals surface area contributed by atoms with Crippen molar-refractivity contribution in [3.05, 3.63) is 12.2 Å². The normalized spacial score (nSPS) is 11.3. The highest BCUT2D eigenvalue weighted by molar-refractivity contribution is 5.87. The van der Waals surface area contributed by atoms with Crippen LogP contribution in [0.3, 0.4) is 0 Å². The van der Waals surface area contributed by atoms with Gasteiger partial charge in [-0.15, -0.1) is 0 Å². The van der Waals surface area contributed by atoms with E-state index in [1.807, 2.05) is 0 Å². The Morgan fingerprint density at radius 1 is 1.11 bits per heavy atom. The number of esters is 1. The van der Waals surface area contributed by atoms with Crippen molar-refractivity contribution >= 4 is 5.97 Å². The molecule has 0 aromatic carbocycles. The average molecular weight is 254 g/mol. The largest absolute Gasteiger partial charge is 0.462 e. The molecule has 0 aliphatic heterocycles. The average Bonchev–Trinajstić information content (AvgIpc) is 2.28. The standard InChI is InChI=1S/C16H30O2/c1-6-8-10-11-16(4,5)13-14(3)15(17)18-12-9-7-2/h3,6-13H2,1-2,4-5H3. The first-order valence-electron chi connectivity index (χ1n) is 7.28. The summed E-state index contributed by atoms with van der Waals surface area (Å²) in [6.45, 7) is 13.1. The lowest BCUT2D eigenvalue weighted by Gasteiger charge is -2.25. The van der Waals surface area contributed by atoms with Crippen LogP contribution in [-0.2, 0) is 9.53 Å². The van der Waals surface area contributed by atoms with E-state index >= 15 is 0 Å². The van der Waals surface area contributed by atoms with E-state index in [9.17, 15) is 4.79 Å². The van der Waals surface area contributed by atoms with Gasteiger partial charge in [-0.3, -0.25) is 0 Å². The Hall–Kier alpha value is -0.790. The molecule has 0 N–H and O–H groups in total. The van der Waals surface area contributed by atoms with Crippen LogP contribution in [0.4, 0.5) is 0 Å². The van der Waals surface area contributed by atoms with Gasteiger partial charge in [0.25, 0.3) is 0 Å². The highest BCUT2D eigenvalue weighted by Gasteiger charge is 2.22. The van der Waals surface area contributed by atoms with Gasteiger partial charge in [-0.1, -0.05) is 60.0 Å². The Bertz CT molecular complexity index is 254. The first-order chi connectivity index (χ1) is 8.43. The summed E-state index contributed by atoms with van der Waals surface area (Å²) in [5, 5.41) is 0. The van der Waals surface area contributed by atoms with Gasteiger partial charge < -0.3 is 4.74 Å². The number of hydrogen-bond donors (Lipinski definition) is 0. The molecule has 0 unspecified atom stereocenters. The monoisotopic (exact) mass is 254 g/mol. The SMILES string of the molecule is C=C(CC(C)(C)CCCCC)C(=O)OCCCC. The molecule has 0 aromatic rings. The van der Waals surface area contributed by atoms with Gasteiger partial charge in [0.2, 0.25) is 0 Å². The first-order valence-corrected chi connectivity index (χ1v) is 7.28. The van der Waals surface area contributed by atoms with Gasteiger partial charge in [-0.05, 0) is 24.7 Å². The zero-order chi connectivity index (χ0) is 14.0. The van der Waals surface area contributed by atoms with Crippen LogP contribution in [0.15, 0.2) is 12.2 Å². The van der Waals surface area contributed by atoms with Crippen LogP contribution in [0.2, 0.25) is 0 Å². The van der Waals surface area contributed by atoms with E-state index in [-0.39, 0.29) is 11.4 Å². The molecule has 0 rings (SSSR count). The molecule has 0 aromatic heterocycles. The Labute approximate surface area is 113 Å². The zero-order valence-electron chi connectivity index (χ0n) is 12.7. The molecule has 2 nitrogen and oxygen atoms in total. The van der Waals surface area contributed by atoms with Gasteiger partial charge >= 0.3 is 5.97 Å². The number of carbonyl (C=O) groups is 1. The third-order valence-electron chi connectivity index (χ3n) is 3.17. The lowest BCUT2D eigenvalue weighted by Crippen LogP contribution is -2.17. The summed E-state index contributed by atoms with van der Waals surface area (Å²) in [4.78, 5) is 11.7. The molecule has 0 atom stereocenters. The molecule has 0 spiro atoms. The molecule has 18 heavy (non-hydrogen) atoms. The molecule has 0 heterocycles. The number of unbranched alkanes of at least 4 members (excludes halogenated alkanes) is 3. The van der Waals surface area contributed by atoms with E-state index in [0.29, 0.717) is 12.2 Å². The van der Waals surface area contributed by atoms with Crippen molar-refractivity contribution in [2.45, 2.75) is 72.6 Å². The Morgan fingerprint density at radius 3 is 2.28 bits per heavy atom. The lowest BCUT2D eigenvalue weighted by atomic mass is 9.81. The highest BCUT2D eigenvalue weighted by atomic mass is 16.5. The molecule has 0 aliphatic rings. The highest BCUT2D eigenvalue weighted by Crippen LogP contribution is 2.31. The summed E-state index contributed by atoms with van der Waals surface area (Å²) in [5.74, 6) is -0.216. The molecule has 0 fully saturated rings. The van der Waals surface area contributed by atoms with Gasteiger partial charge in [0.05, 0.1) is 6.61 Å². The van der Waals surface area contributed by atoms with E-state index in [4.69, 9.17) is 4.74 Å². The Morgan fingerprint density at radius 2 is 1.72 bits per heavy atom. The predicted molar refractivity (Wildman–Crippen MR) is 77.5 cm³/mol. The maximum absolute atomic E-state index is 11.7. The Kier molecular flexibility index (Phi) is 8.78. The van der Waals surface area contributed by atoms with Crippen molar-refractivity contribution < 1.29 is 9.53 Å². The molecule has 0 bridgehead atoms. The van der Waals surface area contributed by atoms with Crippen LogP contribution in [-0.4, -0.2) is 12.6 Å². The lowest BCUT2D eigenvalue weighted by molar-refractivity contribution is -0.139. The molecular weight excluding hydrogens is 224 g/mol. The van der Waals surface area contributed by atoms with Crippen LogP contribution in [0.1, 0.15) is 72.6 Å². The molecule has 0 radical (unpaired) electrons. The van der Waals surface area contributed by atoms with Gasteiger partial charge in [0.15, 0.2) is 0 Å². The minimum absolute atomic E-state index is 0.149. The summed E-state index contributed by atoms with van der Waals surface area (Å²) in [6, 6.07) is 0. The molecule has 0 aliphatic carbocycles. The van der Waals surface area contributed by atoms with E-state index in [1.165, 1.54) is 19.3 Å². The van der Waals surface area contributed by atoms with Crippen molar-refractivity contribution in [3.63, 3.8) is 0 Å². The number of carbonyl (C=O) groups excluding carboxylic acids is 1. The van der Waals surface area contributed by atoms with Crippen LogP contribution < -0.4 is 0 Å². The zero-order valence-corrected chi connectivity index (χ0v) is 12.7. The number of rotatable bonds is 10. The Balaban J connectivity index is 3.99. The number of hydrogen-bond acceptors (Lipinski definition) is 2. The summed E-state index contributed by atoms with van der Waals surface area (Å²) in [5.41, 5.74) is 0.767. The molecule has 0 amide bonds. The predicted octanol–water partition coefficient (Wildman–Crippen LogP) is 4.88. The second kappa shape index (κ2) is 9.18. The van der Waals surface area contributed by atoms with Gasteiger partial charge in [-0.25, -0.2) is 4.79 Å². The quantitative estimate of drug-likeness (QED) is 0.315. The topological polar surface area (TPSA) is 26.3 Å². The maximum atomic E-state index is 11.7. The van der Waals surface area contributed by atoms with Gasteiger partial charge in [0, 0.05) is 5.57 Å². The minimum Gasteiger partial charge on any atom is -0.462 e. The van der Waals surface area contributed by atoms with Gasteiger partial charge in [0.1, 0.15) is 0 Å².